The van der Waals surface area contributed by atoms with Crippen molar-refractivity contribution in [3.63, 3.8) is 0 Å². The number of hydrogen-bond donors (Lipinski definition) is 2. The van der Waals surface area contributed by atoms with Gasteiger partial charge in [0.25, 0.3) is 12.4 Å². The summed E-state index contributed by atoms with van der Waals surface area (Å²) in [6.45, 7) is 7.26. The molecular weight excluding hydrogens is 461 g/mol. The molecule has 2 N–H and O–H groups in total. The van der Waals surface area contributed by atoms with Gasteiger partial charge in [-0.2, -0.15) is 0 Å². The molecule has 0 aromatic rings. The Kier molecular flexibility index (Phi) is 15.9. The van der Waals surface area contributed by atoms with Crippen LogP contribution in [0.2, 0.25) is 0 Å². The van der Waals surface area contributed by atoms with E-state index in [1.165, 1.54) is 0 Å². The Morgan fingerprint density at radius 2 is 1.88 bits per heavy atom. The summed E-state index contributed by atoms with van der Waals surface area (Å²) in [5.74, 6) is 0.193. The fourth-order valence-corrected chi connectivity index (χ4v) is 3.56. The lowest BCUT2D eigenvalue weighted by molar-refractivity contribution is -0.146. The molecule has 0 rings (SSSR count). The van der Waals surface area contributed by atoms with Crippen LogP contribution in [-0.4, -0.2) is 75.4 Å². The zero-order chi connectivity index (χ0) is 25.3. The van der Waals surface area contributed by atoms with E-state index in [2.05, 4.69) is 28.6 Å². The molecule has 194 valence electrons. The molecule has 0 aromatic carbocycles. The molecule has 12 nitrogen and oxygen atoms in total. The molecule has 0 aliphatic carbocycles. The molecule has 0 saturated carbocycles. The van der Waals surface area contributed by atoms with E-state index in [1.807, 2.05) is 6.92 Å². The van der Waals surface area contributed by atoms with Crippen LogP contribution in [0.15, 0.2) is 0 Å². The van der Waals surface area contributed by atoms with Gasteiger partial charge in [0, 0.05) is 20.3 Å². The van der Waals surface area contributed by atoms with Crippen molar-refractivity contribution in [2.75, 3.05) is 40.1 Å². The highest BCUT2D eigenvalue weighted by atomic mass is 31.2. The summed E-state index contributed by atoms with van der Waals surface area (Å²) in [6.07, 6.45) is 0.464. The monoisotopic (exact) mass is 499 g/mol. The molecule has 4 atom stereocenters. The molecule has 0 bridgehead atoms. The molecule has 0 aliphatic heterocycles. The Labute approximate surface area is 195 Å². The van der Waals surface area contributed by atoms with Gasteiger partial charge in [-0.15, -0.1) is 0 Å². The van der Waals surface area contributed by atoms with E-state index < -0.39 is 38.9 Å². The minimum Gasteiger partial charge on any atom is -0.458 e. The Hall–Kier alpha value is -1.72. The van der Waals surface area contributed by atoms with Crippen molar-refractivity contribution in [3.8, 4) is 0 Å². The maximum absolute atomic E-state index is 12.7. The zero-order valence-electron chi connectivity index (χ0n) is 20.1. The average Bonchev–Trinajstić information content (AvgIpc) is 2.78. The maximum Gasteiger partial charge on any atom is 0.505 e. The summed E-state index contributed by atoms with van der Waals surface area (Å²) in [5.41, 5.74) is -0.993. The quantitative estimate of drug-likeness (QED) is 0.110. The summed E-state index contributed by atoms with van der Waals surface area (Å²) in [6, 6.07) is 0. The molecule has 0 heterocycles. The summed E-state index contributed by atoms with van der Waals surface area (Å²) in [7, 11) is -2.96. The van der Waals surface area contributed by atoms with Gasteiger partial charge >= 0.3 is 14.0 Å². The predicted octanol–water partition coefficient (Wildman–Crippen LogP) is 3.14. The first-order valence-electron chi connectivity index (χ1n) is 10.9. The second-order valence-corrected chi connectivity index (χ2v) is 9.35. The Morgan fingerprint density at radius 3 is 2.42 bits per heavy atom. The highest BCUT2D eigenvalue weighted by Crippen LogP contribution is 2.48. The number of phosphoric acid groups is 1. The van der Waals surface area contributed by atoms with E-state index in [9.17, 15) is 18.9 Å². The highest BCUT2D eigenvalue weighted by molar-refractivity contribution is 7.48. The Morgan fingerprint density at radius 1 is 1.18 bits per heavy atom. The minimum atomic E-state index is -4.05. The molecule has 4 unspecified atom stereocenters. The topological polar surface area (TPSA) is 156 Å². The lowest BCUT2D eigenvalue weighted by atomic mass is 9.98. The second kappa shape index (κ2) is 16.8. The van der Waals surface area contributed by atoms with Crippen LogP contribution in [0.1, 0.15) is 53.4 Å². The van der Waals surface area contributed by atoms with Crippen LogP contribution in [0.4, 0.5) is 4.79 Å². The number of carboxylic acid groups (broad SMARTS) is 1. The van der Waals surface area contributed by atoms with E-state index in [1.54, 1.807) is 6.92 Å². The Bertz CT molecular complexity index is 633. The third-order valence-electron chi connectivity index (χ3n) is 4.86. The molecule has 0 aromatic heterocycles. The predicted molar refractivity (Wildman–Crippen MR) is 118 cm³/mol. The van der Waals surface area contributed by atoms with E-state index in [0.29, 0.717) is 18.9 Å². The Balaban J connectivity index is 4.63. The molecule has 0 radical (unpaired) electrons. The smallest absolute Gasteiger partial charge is 0.458 e. The van der Waals surface area contributed by atoms with Gasteiger partial charge in [-0.25, -0.2) is 9.36 Å². The number of phosphoric ester groups is 1. The summed E-state index contributed by atoms with van der Waals surface area (Å²) < 4.78 is 42.3. The van der Waals surface area contributed by atoms with Gasteiger partial charge in [0.1, 0.15) is 12.2 Å². The summed E-state index contributed by atoms with van der Waals surface area (Å²) in [4.78, 5) is 33.6. The molecule has 0 fully saturated rings. The normalized spacial score (nSPS) is 16.6. The molecule has 33 heavy (non-hydrogen) atoms. The highest BCUT2D eigenvalue weighted by Gasteiger charge is 2.33. The van der Waals surface area contributed by atoms with Gasteiger partial charge in [-0.3, -0.25) is 23.2 Å². The van der Waals surface area contributed by atoms with Crippen LogP contribution in [0, 0.1) is 5.92 Å². The van der Waals surface area contributed by atoms with Gasteiger partial charge < -0.3 is 24.6 Å². The van der Waals surface area contributed by atoms with Crippen LogP contribution in [0.25, 0.3) is 0 Å². The van der Waals surface area contributed by atoms with E-state index in [4.69, 9.17) is 23.4 Å². The first-order valence-corrected chi connectivity index (χ1v) is 12.3. The summed E-state index contributed by atoms with van der Waals surface area (Å²) in [5, 5.41) is 11.2. The first kappa shape index (κ1) is 31.3. The largest absolute Gasteiger partial charge is 0.505 e. The number of carbonyl (C=O) groups is 3. The third kappa shape index (κ3) is 13.5. The van der Waals surface area contributed by atoms with Crippen molar-refractivity contribution in [2.45, 2.75) is 65.1 Å². The van der Waals surface area contributed by atoms with Gasteiger partial charge in [0.2, 0.25) is 0 Å². The number of amides is 1. The van der Waals surface area contributed by atoms with Gasteiger partial charge in [-0.1, -0.05) is 33.6 Å². The molecular formula is C20H38NO11P. The fourth-order valence-electron chi connectivity index (χ4n) is 2.61. The van der Waals surface area contributed by atoms with Crippen LogP contribution in [-0.2, 0) is 41.9 Å². The van der Waals surface area contributed by atoms with Crippen LogP contribution < -0.4 is 5.32 Å². The first-order chi connectivity index (χ1) is 15.6. The zero-order valence-corrected chi connectivity index (χ0v) is 21.0. The second-order valence-electron chi connectivity index (χ2n) is 7.58. The fraction of sp³-hybridized carbons (Fsp3) is 0.850. The number of carbonyl (C=O) groups excluding carboxylic acids is 2. The van der Waals surface area contributed by atoms with E-state index in [-0.39, 0.29) is 25.5 Å². The van der Waals surface area contributed by atoms with Crippen LogP contribution in [0.5, 0.6) is 0 Å². The van der Waals surface area contributed by atoms with Crippen molar-refractivity contribution in [1.82, 2.24) is 5.32 Å². The van der Waals surface area contributed by atoms with Gasteiger partial charge in [0.15, 0.2) is 6.10 Å². The van der Waals surface area contributed by atoms with Crippen molar-refractivity contribution in [2.24, 2.45) is 5.92 Å². The minimum absolute atomic E-state index is 0.0139. The third-order valence-corrected chi connectivity index (χ3v) is 6.27. The lowest BCUT2D eigenvalue weighted by Gasteiger charge is -2.29. The molecule has 0 aliphatic rings. The van der Waals surface area contributed by atoms with Crippen LogP contribution in [0.3, 0.4) is 0 Å². The average molecular weight is 499 g/mol. The van der Waals surface area contributed by atoms with Gasteiger partial charge in [-0.05, 0) is 25.7 Å². The van der Waals surface area contributed by atoms with Crippen molar-refractivity contribution < 1.29 is 51.8 Å². The summed E-state index contributed by atoms with van der Waals surface area (Å²) >= 11 is 0. The number of ether oxygens (including phenoxy) is 3. The standard InChI is InChI=1S/C20H38NO11P/c1-6-9-20(4,30-11-8-16(3)7-2)18(23)21-10-12-31-33(26,27-5)32-14-17(29-15-22)13-28-19(24)25/h15-17H,6-14H2,1-5H3,(H,21,23)(H,24,25). The molecule has 1 amide bonds. The van der Waals surface area contributed by atoms with Gasteiger partial charge in [0.05, 0.1) is 13.2 Å². The SMILES string of the molecule is CCCC(C)(OCCC(C)CC)C(=O)NCCOP(=O)(OC)OCC(COC(=O)O)OC=O. The molecule has 13 heteroatoms. The number of hydrogen-bond acceptors (Lipinski definition) is 10. The van der Waals surface area contributed by atoms with Crippen molar-refractivity contribution >= 4 is 26.4 Å². The number of nitrogens with one attached hydrogen (secondary N) is 1. The lowest BCUT2D eigenvalue weighted by Crippen LogP contribution is -2.47. The van der Waals surface area contributed by atoms with E-state index in [0.717, 1.165) is 26.4 Å². The molecule has 0 saturated heterocycles. The van der Waals surface area contributed by atoms with Crippen molar-refractivity contribution in [3.05, 3.63) is 0 Å². The van der Waals surface area contributed by atoms with Crippen LogP contribution >= 0.6 is 7.82 Å². The molecule has 0 spiro atoms. The maximum atomic E-state index is 12.7. The van der Waals surface area contributed by atoms with Crippen molar-refractivity contribution in [1.29, 1.82) is 0 Å². The number of rotatable bonds is 20. The van der Waals surface area contributed by atoms with E-state index >= 15 is 0 Å².